The number of likely N-dealkylation sites (N-methyl/N-ethyl adjacent to an activating group) is 1. The first-order chi connectivity index (χ1) is 6.72. The molecule has 0 radical (unpaired) electrons. The van der Waals surface area contributed by atoms with Crippen molar-refractivity contribution in [2.45, 2.75) is 18.9 Å². The lowest BCUT2D eigenvalue weighted by Crippen LogP contribution is -2.27. The third kappa shape index (κ3) is 1.35. The number of carbonyl (C=O) groups is 1. The van der Waals surface area contributed by atoms with Crippen LogP contribution < -0.4 is 4.90 Å². The SMILES string of the molecule is CN1c2ccc(O)cc2CC1CC=O. The molecule has 0 bridgehead atoms. The molecular weight excluding hydrogens is 178 g/mol. The number of phenols is 1. The number of aldehydes is 1. The van der Waals surface area contributed by atoms with E-state index in [1.807, 2.05) is 13.1 Å². The molecule has 1 aliphatic rings. The average Bonchev–Trinajstić information content (AvgIpc) is 2.44. The Morgan fingerprint density at radius 2 is 2.43 bits per heavy atom. The molecule has 0 aromatic heterocycles. The lowest BCUT2D eigenvalue weighted by atomic mass is 10.1. The zero-order valence-corrected chi connectivity index (χ0v) is 8.10. The lowest BCUT2D eigenvalue weighted by Gasteiger charge is -2.20. The van der Waals surface area contributed by atoms with Gasteiger partial charge in [0, 0.05) is 25.2 Å². The molecule has 1 N–H and O–H groups in total. The minimum atomic E-state index is 0.254. The fourth-order valence-electron chi connectivity index (χ4n) is 2.02. The molecular formula is C11H13NO2. The predicted octanol–water partition coefficient (Wildman–Crippen LogP) is 1.34. The van der Waals surface area contributed by atoms with Crippen molar-refractivity contribution in [3.05, 3.63) is 23.8 Å². The van der Waals surface area contributed by atoms with Gasteiger partial charge >= 0.3 is 0 Å². The third-order valence-electron chi connectivity index (χ3n) is 2.81. The molecule has 14 heavy (non-hydrogen) atoms. The smallest absolute Gasteiger partial charge is 0.122 e. The van der Waals surface area contributed by atoms with Crippen LogP contribution in [0.25, 0.3) is 0 Å². The summed E-state index contributed by atoms with van der Waals surface area (Å²) in [5.41, 5.74) is 2.24. The summed E-state index contributed by atoms with van der Waals surface area (Å²) in [6, 6.07) is 5.61. The second-order valence-corrected chi connectivity index (χ2v) is 3.68. The van der Waals surface area contributed by atoms with Crippen molar-refractivity contribution in [1.29, 1.82) is 0 Å². The van der Waals surface area contributed by atoms with E-state index in [0.29, 0.717) is 12.2 Å². The Balaban J connectivity index is 2.30. The maximum Gasteiger partial charge on any atom is 0.122 e. The molecule has 0 saturated heterocycles. The summed E-state index contributed by atoms with van der Waals surface area (Å²) >= 11 is 0. The molecule has 1 aromatic carbocycles. The first-order valence-electron chi connectivity index (χ1n) is 4.70. The van der Waals surface area contributed by atoms with Crippen LogP contribution in [0.1, 0.15) is 12.0 Å². The van der Waals surface area contributed by atoms with E-state index in [4.69, 9.17) is 0 Å². The highest BCUT2D eigenvalue weighted by atomic mass is 16.3. The lowest BCUT2D eigenvalue weighted by molar-refractivity contribution is -0.108. The van der Waals surface area contributed by atoms with Crippen molar-refractivity contribution in [2.75, 3.05) is 11.9 Å². The molecule has 3 nitrogen and oxygen atoms in total. The highest BCUT2D eigenvalue weighted by Crippen LogP contribution is 2.33. The van der Waals surface area contributed by atoms with Gasteiger partial charge in [-0.1, -0.05) is 0 Å². The fraction of sp³-hybridized carbons (Fsp3) is 0.364. The van der Waals surface area contributed by atoms with Crippen LogP contribution in [0.5, 0.6) is 5.75 Å². The molecule has 0 spiro atoms. The van der Waals surface area contributed by atoms with E-state index in [0.717, 1.165) is 24.0 Å². The van der Waals surface area contributed by atoms with E-state index >= 15 is 0 Å². The quantitative estimate of drug-likeness (QED) is 0.717. The molecule has 1 unspecified atom stereocenters. The van der Waals surface area contributed by atoms with Gasteiger partial charge in [0.2, 0.25) is 0 Å². The molecule has 0 fully saturated rings. The van der Waals surface area contributed by atoms with Crippen molar-refractivity contribution in [3.8, 4) is 5.75 Å². The summed E-state index contributed by atoms with van der Waals surface area (Å²) in [6.07, 6.45) is 2.35. The van der Waals surface area contributed by atoms with Crippen molar-refractivity contribution < 1.29 is 9.90 Å². The minimum absolute atomic E-state index is 0.254. The largest absolute Gasteiger partial charge is 0.508 e. The summed E-state index contributed by atoms with van der Waals surface area (Å²) in [5.74, 6) is 0.295. The van der Waals surface area contributed by atoms with Gasteiger partial charge in [-0.3, -0.25) is 0 Å². The number of carbonyl (C=O) groups excluding carboxylic acids is 1. The number of hydrogen-bond acceptors (Lipinski definition) is 3. The second kappa shape index (κ2) is 3.33. The number of hydrogen-bond donors (Lipinski definition) is 1. The highest BCUT2D eigenvalue weighted by molar-refractivity contribution is 5.63. The third-order valence-corrected chi connectivity index (χ3v) is 2.81. The van der Waals surface area contributed by atoms with Gasteiger partial charge in [-0.15, -0.1) is 0 Å². The number of fused-ring (bicyclic) bond motifs is 1. The standard InChI is InChI=1S/C11H13NO2/c1-12-9(4-5-13)6-8-7-10(14)2-3-11(8)12/h2-3,5,7,9,14H,4,6H2,1H3. The molecule has 1 heterocycles. The summed E-state index contributed by atoms with van der Waals surface area (Å²) in [5, 5.41) is 9.31. The van der Waals surface area contributed by atoms with Crippen LogP contribution in [0.2, 0.25) is 0 Å². The van der Waals surface area contributed by atoms with Crippen LogP contribution in [0.15, 0.2) is 18.2 Å². The van der Waals surface area contributed by atoms with E-state index in [1.165, 1.54) is 0 Å². The van der Waals surface area contributed by atoms with Gasteiger partial charge in [-0.05, 0) is 30.2 Å². The van der Waals surface area contributed by atoms with Crippen LogP contribution in [-0.4, -0.2) is 24.5 Å². The van der Waals surface area contributed by atoms with E-state index in [9.17, 15) is 9.90 Å². The Bertz CT molecular complexity index is 362. The van der Waals surface area contributed by atoms with Crippen molar-refractivity contribution >= 4 is 12.0 Å². The molecule has 0 amide bonds. The second-order valence-electron chi connectivity index (χ2n) is 3.68. The molecule has 1 atom stereocenters. The first-order valence-corrected chi connectivity index (χ1v) is 4.70. The maximum atomic E-state index is 10.4. The normalized spacial score (nSPS) is 19.5. The summed E-state index contributed by atoms with van der Waals surface area (Å²) in [7, 11) is 1.98. The van der Waals surface area contributed by atoms with Gasteiger partial charge in [-0.25, -0.2) is 0 Å². The number of aromatic hydroxyl groups is 1. The zero-order chi connectivity index (χ0) is 10.1. The molecule has 0 aliphatic carbocycles. The van der Waals surface area contributed by atoms with Crippen LogP contribution in [0.3, 0.4) is 0 Å². The van der Waals surface area contributed by atoms with Crippen LogP contribution in [0.4, 0.5) is 5.69 Å². The molecule has 2 rings (SSSR count). The molecule has 1 aliphatic heterocycles. The minimum Gasteiger partial charge on any atom is -0.508 e. The van der Waals surface area contributed by atoms with Crippen LogP contribution in [-0.2, 0) is 11.2 Å². The van der Waals surface area contributed by atoms with Crippen LogP contribution in [0, 0.1) is 0 Å². The number of phenolic OH excluding ortho intramolecular Hbond substituents is 1. The predicted molar refractivity (Wildman–Crippen MR) is 54.7 cm³/mol. The molecule has 3 heteroatoms. The van der Waals surface area contributed by atoms with Crippen molar-refractivity contribution in [1.82, 2.24) is 0 Å². The maximum absolute atomic E-state index is 10.4. The van der Waals surface area contributed by atoms with E-state index in [2.05, 4.69) is 4.90 Å². The van der Waals surface area contributed by atoms with Crippen molar-refractivity contribution in [3.63, 3.8) is 0 Å². The summed E-state index contributed by atoms with van der Waals surface area (Å²) in [4.78, 5) is 12.5. The summed E-state index contributed by atoms with van der Waals surface area (Å²) in [6.45, 7) is 0. The van der Waals surface area contributed by atoms with Gasteiger partial charge in [0.15, 0.2) is 0 Å². The Kier molecular flexibility index (Phi) is 2.15. The van der Waals surface area contributed by atoms with E-state index in [-0.39, 0.29) is 6.04 Å². The Morgan fingerprint density at radius 3 is 3.14 bits per heavy atom. The zero-order valence-electron chi connectivity index (χ0n) is 8.10. The van der Waals surface area contributed by atoms with Gasteiger partial charge in [0.05, 0.1) is 0 Å². The topological polar surface area (TPSA) is 40.5 Å². The van der Waals surface area contributed by atoms with Crippen LogP contribution >= 0.6 is 0 Å². The van der Waals surface area contributed by atoms with Crippen molar-refractivity contribution in [2.24, 2.45) is 0 Å². The number of benzene rings is 1. The molecule has 74 valence electrons. The van der Waals surface area contributed by atoms with E-state index < -0.39 is 0 Å². The summed E-state index contributed by atoms with van der Waals surface area (Å²) < 4.78 is 0. The van der Waals surface area contributed by atoms with Gasteiger partial charge in [0.25, 0.3) is 0 Å². The molecule has 0 saturated carbocycles. The average molecular weight is 191 g/mol. The number of anilines is 1. The first kappa shape index (κ1) is 9.06. The molecule has 1 aromatic rings. The monoisotopic (exact) mass is 191 g/mol. The number of nitrogens with zero attached hydrogens (tertiary/aromatic N) is 1. The van der Waals surface area contributed by atoms with Gasteiger partial charge in [-0.2, -0.15) is 0 Å². The highest BCUT2D eigenvalue weighted by Gasteiger charge is 2.25. The Hall–Kier alpha value is -1.51. The number of rotatable bonds is 2. The van der Waals surface area contributed by atoms with E-state index in [1.54, 1.807) is 12.1 Å². The van der Waals surface area contributed by atoms with Gasteiger partial charge in [0.1, 0.15) is 12.0 Å². The Morgan fingerprint density at radius 1 is 1.64 bits per heavy atom. The fourth-order valence-corrected chi connectivity index (χ4v) is 2.02. The van der Waals surface area contributed by atoms with Gasteiger partial charge < -0.3 is 14.8 Å². The Labute approximate surface area is 83.0 Å².